The monoisotopic (exact) mass is 292 g/mol. The molecule has 7 heteroatoms. The van der Waals surface area contributed by atoms with Gasteiger partial charge in [0.1, 0.15) is 6.20 Å². The highest BCUT2D eigenvalue weighted by Crippen LogP contribution is 2.27. The summed E-state index contributed by atoms with van der Waals surface area (Å²) in [5, 5.41) is 11.1. The van der Waals surface area contributed by atoms with Crippen LogP contribution in [0.25, 0.3) is 0 Å². The van der Waals surface area contributed by atoms with E-state index >= 15 is 0 Å². The van der Waals surface area contributed by atoms with Crippen molar-refractivity contribution in [1.82, 2.24) is 9.97 Å². The first-order valence-electron chi connectivity index (χ1n) is 6.07. The normalized spacial score (nSPS) is 10.3. The Kier molecular flexibility index (Phi) is 4.47. The first-order chi connectivity index (χ1) is 9.61. The molecule has 0 aliphatic carbocycles. The van der Waals surface area contributed by atoms with Crippen molar-refractivity contribution in [1.29, 1.82) is 0 Å². The van der Waals surface area contributed by atoms with Gasteiger partial charge in [0.25, 0.3) is 0 Å². The molecule has 1 heterocycles. The second-order valence-electron chi connectivity index (χ2n) is 4.10. The summed E-state index contributed by atoms with van der Waals surface area (Å²) in [4.78, 5) is 20.0. The summed E-state index contributed by atoms with van der Waals surface area (Å²) < 4.78 is 0. The van der Waals surface area contributed by atoms with Crippen molar-refractivity contribution in [2.45, 2.75) is 13.5 Å². The van der Waals surface area contributed by atoms with E-state index < -0.39 is 4.92 Å². The van der Waals surface area contributed by atoms with Crippen LogP contribution in [0, 0.1) is 10.1 Å². The Hall–Kier alpha value is -2.21. The smallest absolute Gasteiger partial charge is 0.329 e. The number of hydrogen-bond acceptors (Lipinski definition) is 5. The van der Waals surface area contributed by atoms with Crippen molar-refractivity contribution in [2.75, 3.05) is 11.4 Å². The summed E-state index contributed by atoms with van der Waals surface area (Å²) in [6.45, 7) is 3.00. The Morgan fingerprint density at radius 3 is 2.65 bits per heavy atom. The van der Waals surface area contributed by atoms with E-state index in [0.29, 0.717) is 13.1 Å². The fourth-order valence-electron chi connectivity index (χ4n) is 1.85. The Balaban J connectivity index is 2.36. The van der Waals surface area contributed by atoms with E-state index in [4.69, 9.17) is 11.6 Å². The van der Waals surface area contributed by atoms with Crippen LogP contribution in [0.4, 0.5) is 11.5 Å². The molecule has 0 saturated carbocycles. The second kappa shape index (κ2) is 6.29. The second-order valence-corrected chi connectivity index (χ2v) is 4.44. The van der Waals surface area contributed by atoms with Crippen LogP contribution in [0.1, 0.15) is 12.5 Å². The SMILES string of the molecule is CCN(Cc1ccccc1)c1nc(Cl)ncc1[N+](=O)[O-]. The molecule has 0 aliphatic rings. The lowest BCUT2D eigenvalue weighted by Gasteiger charge is -2.21. The summed E-state index contributed by atoms with van der Waals surface area (Å²) in [6, 6.07) is 9.67. The van der Waals surface area contributed by atoms with E-state index in [0.717, 1.165) is 11.8 Å². The zero-order valence-electron chi connectivity index (χ0n) is 10.9. The van der Waals surface area contributed by atoms with Gasteiger partial charge in [-0.15, -0.1) is 0 Å². The molecule has 2 rings (SSSR count). The third-order valence-corrected chi connectivity index (χ3v) is 3.00. The zero-order chi connectivity index (χ0) is 14.5. The summed E-state index contributed by atoms with van der Waals surface area (Å²) >= 11 is 5.75. The lowest BCUT2D eigenvalue weighted by atomic mass is 10.2. The average molecular weight is 293 g/mol. The molecule has 0 aliphatic heterocycles. The molecule has 6 nitrogen and oxygen atoms in total. The summed E-state index contributed by atoms with van der Waals surface area (Å²) in [7, 11) is 0. The molecule has 0 saturated heterocycles. The molecule has 0 fully saturated rings. The van der Waals surface area contributed by atoms with Crippen molar-refractivity contribution in [3.8, 4) is 0 Å². The lowest BCUT2D eigenvalue weighted by molar-refractivity contribution is -0.384. The van der Waals surface area contributed by atoms with E-state index in [1.165, 1.54) is 0 Å². The van der Waals surface area contributed by atoms with Crippen LogP contribution in [-0.4, -0.2) is 21.4 Å². The molecule has 2 aromatic rings. The molecule has 0 amide bonds. The summed E-state index contributed by atoms with van der Waals surface area (Å²) in [5.41, 5.74) is 0.894. The highest BCUT2D eigenvalue weighted by atomic mass is 35.5. The molecule has 0 atom stereocenters. The van der Waals surface area contributed by atoms with E-state index in [2.05, 4.69) is 9.97 Å². The average Bonchev–Trinajstić information content (AvgIpc) is 2.45. The highest BCUT2D eigenvalue weighted by Gasteiger charge is 2.21. The number of nitro groups is 1. The maximum absolute atomic E-state index is 11.1. The molecule has 0 unspecified atom stereocenters. The molecule has 1 aromatic heterocycles. The molecular weight excluding hydrogens is 280 g/mol. The molecule has 104 valence electrons. The molecular formula is C13H13ClN4O2. The Morgan fingerprint density at radius 2 is 2.05 bits per heavy atom. The molecule has 0 bridgehead atoms. The Morgan fingerprint density at radius 1 is 1.35 bits per heavy atom. The van der Waals surface area contributed by atoms with Gasteiger partial charge in [0, 0.05) is 13.1 Å². The van der Waals surface area contributed by atoms with Gasteiger partial charge in [-0.05, 0) is 24.1 Å². The third kappa shape index (κ3) is 3.21. The Labute approximate surface area is 121 Å². The van der Waals surface area contributed by atoms with Crippen LogP contribution < -0.4 is 4.90 Å². The third-order valence-electron chi connectivity index (χ3n) is 2.81. The van der Waals surface area contributed by atoms with Crippen LogP contribution in [0.3, 0.4) is 0 Å². The maximum atomic E-state index is 11.1. The van der Waals surface area contributed by atoms with Crippen molar-refractivity contribution in [3.63, 3.8) is 0 Å². The quantitative estimate of drug-likeness (QED) is 0.481. The number of hydrogen-bond donors (Lipinski definition) is 0. The fourth-order valence-corrected chi connectivity index (χ4v) is 1.98. The van der Waals surface area contributed by atoms with Crippen LogP contribution in [0.5, 0.6) is 0 Å². The summed E-state index contributed by atoms with van der Waals surface area (Å²) in [6.07, 6.45) is 1.14. The van der Waals surface area contributed by atoms with E-state index in [1.54, 1.807) is 4.90 Å². The van der Waals surface area contributed by atoms with Crippen molar-refractivity contribution in [2.24, 2.45) is 0 Å². The molecule has 0 N–H and O–H groups in total. The molecule has 20 heavy (non-hydrogen) atoms. The Bertz CT molecular complexity index is 607. The van der Waals surface area contributed by atoms with Crippen LogP contribution >= 0.6 is 11.6 Å². The van der Waals surface area contributed by atoms with Gasteiger partial charge in [-0.3, -0.25) is 10.1 Å². The predicted molar refractivity (Wildman–Crippen MR) is 76.9 cm³/mol. The van der Waals surface area contributed by atoms with Crippen molar-refractivity contribution >= 4 is 23.1 Å². The topological polar surface area (TPSA) is 72.2 Å². The van der Waals surface area contributed by atoms with Gasteiger partial charge in [-0.1, -0.05) is 30.3 Å². The minimum Gasteiger partial charge on any atom is -0.347 e. The molecule has 0 spiro atoms. The van der Waals surface area contributed by atoms with Gasteiger partial charge in [0.2, 0.25) is 11.1 Å². The van der Waals surface area contributed by atoms with Gasteiger partial charge < -0.3 is 4.90 Å². The predicted octanol–water partition coefficient (Wildman–Crippen LogP) is 3.06. The first kappa shape index (κ1) is 14.2. The lowest BCUT2D eigenvalue weighted by Crippen LogP contribution is -2.24. The minimum absolute atomic E-state index is 0.00267. The van der Waals surface area contributed by atoms with E-state index in [9.17, 15) is 10.1 Å². The standard InChI is InChI=1S/C13H13ClN4O2/c1-2-17(9-10-6-4-3-5-7-10)12-11(18(19)20)8-15-13(14)16-12/h3-8H,2,9H2,1H3. The van der Waals surface area contributed by atoms with Crippen molar-refractivity contribution in [3.05, 3.63) is 57.5 Å². The summed E-state index contributed by atoms with van der Waals surface area (Å²) in [5.74, 6) is 0.237. The van der Waals surface area contributed by atoms with Gasteiger partial charge in [-0.25, -0.2) is 4.98 Å². The highest BCUT2D eigenvalue weighted by molar-refractivity contribution is 6.28. The molecule has 0 radical (unpaired) electrons. The number of nitrogens with zero attached hydrogens (tertiary/aromatic N) is 4. The molecule has 1 aromatic carbocycles. The minimum atomic E-state index is -0.501. The van der Waals surface area contributed by atoms with Crippen LogP contribution in [0.2, 0.25) is 5.28 Å². The van der Waals surface area contributed by atoms with Gasteiger partial charge in [0.15, 0.2) is 0 Å². The largest absolute Gasteiger partial charge is 0.347 e. The van der Waals surface area contributed by atoms with Crippen LogP contribution in [0.15, 0.2) is 36.5 Å². The van der Waals surface area contributed by atoms with E-state index in [-0.39, 0.29) is 16.8 Å². The first-order valence-corrected chi connectivity index (χ1v) is 6.45. The zero-order valence-corrected chi connectivity index (χ0v) is 11.6. The van der Waals surface area contributed by atoms with E-state index in [1.807, 2.05) is 37.3 Å². The van der Waals surface area contributed by atoms with Crippen LogP contribution in [-0.2, 0) is 6.54 Å². The fraction of sp³-hybridized carbons (Fsp3) is 0.231. The maximum Gasteiger partial charge on any atom is 0.329 e. The number of halogens is 1. The number of anilines is 1. The number of benzene rings is 1. The van der Waals surface area contributed by atoms with Crippen molar-refractivity contribution < 1.29 is 4.92 Å². The van der Waals surface area contributed by atoms with Gasteiger partial charge in [0.05, 0.1) is 4.92 Å². The number of aromatic nitrogens is 2. The van der Waals surface area contributed by atoms with Gasteiger partial charge >= 0.3 is 5.69 Å². The number of rotatable bonds is 5. The van der Waals surface area contributed by atoms with Gasteiger partial charge in [-0.2, -0.15) is 4.98 Å².